The normalized spacial score (nSPS) is 11.3. The van der Waals surface area contributed by atoms with E-state index < -0.39 is 0 Å². The minimum Gasteiger partial charge on any atom is -0.232 e. The lowest BCUT2D eigenvalue weighted by atomic mass is 10.2. The van der Waals surface area contributed by atoms with Gasteiger partial charge in [0.15, 0.2) is 5.52 Å². The molecule has 0 aliphatic carbocycles. The SMILES string of the molecule is Clc1ccccc1C[n+]1cc2ccc3ccccc3n2c1. The Morgan fingerprint density at radius 3 is 2.62 bits per heavy atom. The Kier molecular flexibility index (Phi) is 2.90. The van der Waals surface area contributed by atoms with Crippen LogP contribution in [0, 0.1) is 0 Å². The largest absolute Gasteiger partial charge is 0.249 e. The Bertz CT molecular complexity index is 940. The highest BCUT2D eigenvalue weighted by Crippen LogP contribution is 2.17. The van der Waals surface area contributed by atoms with E-state index in [1.807, 2.05) is 18.2 Å². The van der Waals surface area contributed by atoms with Crippen molar-refractivity contribution in [1.29, 1.82) is 0 Å². The monoisotopic (exact) mass is 293 g/mol. The molecule has 4 aromatic rings. The quantitative estimate of drug-likeness (QED) is 0.492. The molecule has 0 amide bonds. The van der Waals surface area contributed by atoms with E-state index in [-0.39, 0.29) is 0 Å². The molecule has 0 fully saturated rings. The molecule has 0 saturated heterocycles. The van der Waals surface area contributed by atoms with Crippen LogP contribution in [-0.4, -0.2) is 4.40 Å². The molecule has 21 heavy (non-hydrogen) atoms. The number of aromatic nitrogens is 2. The van der Waals surface area contributed by atoms with Crippen molar-refractivity contribution in [2.75, 3.05) is 0 Å². The predicted octanol–water partition coefficient (Wildman–Crippen LogP) is 4.08. The number of pyridine rings is 1. The van der Waals surface area contributed by atoms with Gasteiger partial charge in [-0.15, -0.1) is 0 Å². The second kappa shape index (κ2) is 4.90. The number of hydrogen-bond donors (Lipinski definition) is 0. The van der Waals surface area contributed by atoms with Gasteiger partial charge in [0.2, 0.25) is 6.33 Å². The molecule has 0 radical (unpaired) electrons. The maximum absolute atomic E-state index is 6.25. The average Bonchev–Trinajstić information content (AvgIpc) is 2.93. The summed E-state index contributed by atoms with van der Waals surface area (Å²) >= 11 is 6.25. The van der Waals surface area contributed by atoms with Crippen LogP contribution in [-0.2, 0) is 6.54 Å². The minimum absolute atomic E-state index is 0.773. The summed E-state index contributed by atoms with van der Waals surface area (Å²) in [6, 6.07) is 20.7. The fourth-order valence-corrected chi connectivity index (χ4v) is 2.93. The van der Waals surface area contributed by atoms with E-state index in [4.69, 9.17) is 11.6 Å². The molecule has 0 spiro atoms. The van der Waals surface area contributed by atoms with Gasteiger partial charge < -0.3 is 0 Å². The maximum Gasteiger partial charge on any atom is 0.249 e. The van der Waals surface area contributed by atoms with Crippen molar-refractivity contribution in [3.63, 3.8) is 0 Å². The lowest BCUT2D eigenvalue weighted by molar-refractivity contribution is -0.686. The van der Waals surface area contributed by atoms with E-state index in [9.17, 15) is 0 Å². The first-order valence-electron chi connectivity index (χ1n) is 6.93. The minimum atomic E-state index is 0.773. The number of rotatable bonds is 2. The van der Waals surface area contributed by atoms with Gasteiger partial charge in [0.1, 0.15) is 18.3 Å². The van der Waals surface area contributed by atoms with E-state index in [1.165, 1.54) is 16.4 Å². The number of fused-ring (bicyclic) bond motifs is 3. The predicted molar refractivity (Wildman–Crippen MR) is 85.7 cm³/mol. The topological polar surface area (TPSA) is 8.29 Å². The van der Waals surface area contributed by atoms with Gasteiger partial charge in [-0.3, -0.25) is 0 Å². The average molecular weight is 294 g/mol. The van der Waals surface area contributed by atoms with Crippen LogP contribution in [0.25, 0.3) is 16.4 Å². The number of benzene rings is 2. The van der Waals surface area contributed by atoms with Crippen LogP contribution >= 0.6 is 11.6 Å². The van der Waals surface area contributed by atoms with Crippen LogP contribution < -0.4 is 4.57 Å². The zero-order chi connectivity index (χ0) is 14.2. The van der Waals surface area contributed by atoms with Crippen molar-refractivity contribution in [3.8, 4) is 0 Å². The standard InChI is InChI=1S/C18H14ClN2/c19-17-7-3-1-6-15(17)11-20-12-16-10-9-14-5-2-4-8-18(14)21(16)13-20/h1-10,12-13H,11H2/q+1. The van der Waals surface area contributed by atoms with E-state index in [0.717, 1.165) is 17.1 Å². The molecule has 0 unspecified atom stereocenters. The molecular formula is C18H14ClN2+. The van der Waals surface area contributed by atoms with E-state index >= 15 is 0 Å². The Morgan fingerprint density at radius 1 is 0.905 bits per heavy atom. The van der Waals surface area contributed by atoms with Gasteiger partial charge in [0.05, 0.1) is 0 Å². The second-order valence-corrected chi connectivity index (χ2v) is 5.60. The van der Waals surface area contributed by atoms with Gasteiger partial charge in [-0.25, -0.2) is 4.57 Å². The van der Waals surface area contributed by atoms with Gasteiger partial charge in [0.25, 0.3) is 0 Å². The summed E-state index contributed by atoms with van der Waals surface area (Å²) in [5.74, 6) is 0. The van der Waals surface area contributed by atoms with E-state index in [0.29, 0.717) is 0 Å². The molecule has 0 bridgehead atoms. The van der Waals surface area contributed by atoms with Crippen LogP contribution in [0.4, 0.5) is 0 Å². The molecule has 2 nitrogen and oxygen atoms in total. The molecule has 102 valence electrons. The fraction of sp³-hybridized carbons (Fsp3) is 0.0556. The van der Waals surface area contributed by atoms with Crippen LogP contribution in [0.2, 0.25) is 5.02 Å². The van der Waals surface area contributed by atoms with E-state index in [1.54, 1.807) is 0 Å². The van der Waals surface area contributed by atoms with Crippen LogP contribution in [0.5, 0.6) is 0 Å². The van der Waals surface area contributed by atoms with E-state index in [2.05, 4.69) is 64.0 Å². The van der Waals surface area contributed by atoms with Gasteiger partial charge in [-0.2, -0.15) is 4.40 Å². The molecular weight excluding hydrogens is 280 g/mol. The van der Waals surface area contributed by atoms with Crippen LogP contribution in [0.1, 0.15) is 5.56 Å². The number of nitrogens with zero attached hydrogens (tertiary/aromatic N) is 2. The zero-order valence-corrected chi connectivity index (χ0v) is 12.2. The number of imidazole rings is 1. The lowest BCUT2D eigenvalue weighted by Gasteiger charge is -1.99. The maximum atomic E-state index is 6.25. The molecule has 0 aliphatic heterocycles. The number of halogens is 1. The summed E-state index contributed by atoms with van der Waals surface area (Å²) in [5, 5.41) is 2.05. The number of hydrogen-bond acceptors (Lipinski definition) is 0. The third kappa shape index (κ3) is 2.18. The Labute approximate surface area is 127 Å². The molecule has 2 aromatic heterocycles. The van der Waals surface area contributed by atoms with Crippen LogP contribution in [0.15, 0.2) is 73.2 Å². The summed E-state index contributed by atoms with van der Waals surface area (Å²) in [4.78, 5) is 0. The van der Waals surface area contributed by atoms with Crippen molar-refractivity contribution >= 4 is 28.0 Å². The first-order valence-corrected chi connectivity index (χ1v) is 7.31. The summed E-state index contributed by atoms with van der Waals surface area (Å²) in [5.41, 5.74) is 3.53. The Balaban J connectivity index is 1.84. The first kappa shape index (κ1) is 12.4. The molecule has 2 heterocycles. The first-order chi connectivity index (χ1) is 10.3. The highest BCUT2D eigenvalue weighted by molar-refractivity contribution is 6.31. The third-order valence-electron chi connectivity index (χ3n) is 3.78. The van der Waals surface area contributed by atoms with Crippen molar-refractivity contribution in [2.24, 2.45) is 0 Å². The Hall–Kier alpha value is -2.32. The lowest BCUT2D eigenvalue weighted by Crippen LogP contribution is -2.31. The van der Waals surface area contributed by atoms with Crippen molar-refractivity contribution in [3.05, 3.63) is 83.8 Å². The zero-order valence-electron chi connectivity index (χ0n) is 11.4. The van der Waals surface area contributed by atoms with Gasteiger partial charge in [0, 0.05) is 16.0 Å². The van der Waals surface area contributed by atoms with Gasteiger partial charge in [-0.1, -0.05) is 48.0 Å². The smallest absolute Gasteiger partial charge is 0.232 e. The highest BCUT2D eigenvalue weighted by atomic mass is 35.5. The summed E-state index contributed by atoms with van der Waals surface area (Å²) in [6.07, 6.45) is 4.27. The van der Waals surface area contributed by atoms with Crippen molar-refractivity contribution in [2.45, 2.75) is 6.54 Å². The van der Waals surface area contributed by atoms with Crippen molar-refractivity contribution < 1.29 is 4.57 Å². The fourth-order valence-electron chi connectivity index (χ4n) is 2.74. The Morgan fingerprint density at radius 2 is 1.71 bits per heavy atom. The molecule has 3 heteroatoms. The van der Waals surface area contributed by atoms with Gasteiger partial charge in [-0.05, 0) is 24.3 Å². The molecule has 4 rings (SSSR count). The summed E-state index contributed by atoms with van der Waals surface area (Å²) in [6.45, 7) is 0.773. The summed E-state index contributed by atoms with van der Waals surface area (Å²) < 4.78 is 4.38. The van der Waals surface area contributed by atoms with Crippen LogP contribution in [0.3, 0.4) is 0 Å². The molecule has 0 saturated carbocycles. The number of para-hydroxylation sites is 1. The van der Waals surface area contributed by atoms with Crippen molar-refractivity contribution in [1.82, 2.24) is 4.40 Å². The molecule has 0 N–H and O–H groups in total. The van der Waals surface area contributed by atoms with Gasteiger partial charge >= 0.3 is 0 Å². The highest BCUT2D eigenvalue weighted by Gasteiger charge is 2.11. The molecule has 0 atom stereocenters. The summed E-state index contributed by atoms with van der Waals surface area (Å²) in [7, 11) is 0. The molecule has 2 aromatic carbocycles. The molecule has 0 aliphatic rings. The second-order valence-electron chi connectivity index (χ2n) is 5.20. The third-order valence-corrected chi connectivity index (χ3v) is 4.15.